The lowest BCUT2D eigenvalue weighted by Crippen LogP contribution is -2.41. The monoisotopic (exact) mass is 352 g/mol. The first-order valence-electron chi connectivity index (χ1n) is 7.36. The number of hydrogen-bond donors (Lipinski definition) is 2. The maximum atomic E-state index is 12.1. The van der Waals surface area contributed by atoms with E-state index in [2.05, 4.69) is 20.9 Å². The average Bonchev–Trinajstić information content (AvgIpc) is 3.17. The third-order valence-corrected chi connectivity index (χ3v) is 3.36. The molecule has 10 nitrogen and oxygen atoms in total. The zero-order chi connectivity index (χ0) is 18.5. The number of nitrogens with zero attached hydrogens (tertiary/aromatic N) is 4. The Labute approximate surface area is 146 Å². The minimum atomic E-state index is -0.567. The van der Waals surface area contributed by atoms with E-state index in [9.17, 15) is 19.7 Å². The maximum Gasteiger partial charge on any atom is 0.288 e. The van der Waals surface area contributed by atoms with Gasteiger partial charge in [-0.05, 0) is 24.3 Å². The van der Waals surface area contributed by atoms with Crippen LogP contribution in [0, 0.1) is 10.1 Å². The van der Waals surface area contributed by atoms with E-state index in [-0.39, 0.29) is 16.9 Å². The second kappa shape index (κ2) is 7.21. The number of carbonyl (C=O) groups excluding carboxylic acids is 2. The van der Waals surface area contributed by atoms with Crippen LogP contribution in [0.25, 0.3) is 5.69 Å². The number of benzene rings is 1. The summed E-state index contributed by atoms with van der Waals surface area (Å²) >= 11 is 0. The van der Waals surface area contributed by atoms with Gasteiger partial charge in [-0.15, -0.1) is 0 Å². The van der Waals surface area contributed by atoms with Crippen molar-refractivity contribution in [2.24, 2.45) is 0 Å². The van der Waals surface area contributed by atoms with Gasteiger partial charge in [0.25, 0.3) is 17.5 Å². The minimum Gasteiger partial charge on any atom is -0.267 e. The molecule has 0 radical (unpaired) electrons. The van der Waals surface area contributed by atoms with Gasteiger partial charge >= 0.3 is 0 Å². The van der Waals surface area contributed by atoms with Gasteiger partial charge in [0.2, 0.25) is 0 Å². The maximum absolute atomic E-state index is 12.1. The standard InChI is InChI=1S/C16H12N6O4/c23-15(19-20-16(24)14-3-1-2-8-17-14)11-9-18-21(10-11)12-4-6-13(7-5-12)22(25)26/h1-10H,(H,19,23)(H,20,24). The first-order chi connectivity index (χ1) is 12.5. The van der Waals surface area contributed by atoms with Crippen LogP contribution in [0.5, 0.6) is 0 Å². The Balaban J connectivity index is 1.64. The molecule has 3 aromatic rings. The van der Waals surface area contributed by atoms with Crippen LogP contribution in [0.1, 0.15) is 20.8 Å². The summed E-state index contributed by atoms with van der Waals surface area (Å²) in [6.07, 6.45) is 4.21. The molecule has 0 fully saturated rings. The molecule has 1 aromatic carbocycles. The topological polar surface area (TPSA) is 132 Å². The molecule has 2 aromatic heterocycles. The van der Waals surface area contributed by atoms with Crippen LogP contribution in [0.4, 0.5) is 5.69 Å². The zero-order valence-electron chi connectivity index (χ0n) is 13.2. The van der Waals surface area contributed by atoms with Crippen LogP contribution in [0.3, 0.4) is 0 Å². The van der Waals surface area contributed by atoms with Gasteiger partial charge in [-0.1, -0.05) is 6.07 Å². The number of non-ortho nitro benzene ring substituents is 1. The summed E-state index contributed by atoms with van der Waals surface area (Å²) < 4.78 is 1.39. The van der Waals surface area contributed by atoms with Gasteiger partial charge in [0.1, 0.15) is 5.69 Å². The highest BCUT2D eigenvalue weighted by molar-refractivity contribution is 5.98. The fourth-order valence-electron chi connectivity index (χ4n) is 2.06. The Morgan fingerprint density at radius 3 is 2.42 bits per heavy atom. The number of nitro benzene ring substituents is 1. The fourth-order valence-corrected chi connectivity index (χ4v) is 2.06. The van der Waals surface area contributed by atoms with Crippen molar-refractivity contribution in [1.82, 2.24) is 25.6 Å². The van der Waals surface area contributed by atoms with Gasteiger partial charge in [-0.2, -0.15) is 5.10 Å². The zero-order valence-corrected chi connectivity index (χ0v) is 13.2. The number of carbonyl (C=O) groups is 2. The van der Waals surface area contributed by atoms with Crippen molar-refractivity contribution >= 4 is 17.5 Å². The number of aromatic nitrogens is 3. The second-order valence-electron chi connectivity index (χ2n) is 5.07. The number of hydrazine groups is 1. The lowest BCUT2D eigenvalue weighted by atomic mass is 10.3. The van der Waals surface area contributed by atoms with Crippen LogP contribution < -0.4 is 10.9 Å². The van der Waals surface area contributed by atoms with Crippen molar-refractivity contribution in [2.75, 3.05) is 0 Å². The van der Waals surface area contributed by atoms with E-state index in [0.29, 0.717) is 5.69 Å². The van der Waals surface area contributed by atoms with Crippen molar-refractivity contribution in [3.05, 3.63) is 82.4 Å². The van der Waals surface area contributed by atoms with Crippen molar-refractivity contribution in [3.63, 3.8) is 0 Å². The molecule has 0 saturated carbocycles. The summed E-state index contributed by atoms with van der Waals surface area (Å²) in [6, 6.07) is 10.5. The van der Waals surface area contributed by atoms with Crippen LogP contribution in [0.2, 0.25) is 0 Å². The number of rotatable bonds is 4. The Kier molecular flexibility index (Phi) is 4.65. The molecule has 0 atom stereocenters. The predicted molar refractivity (Wildman–Crippen MR) is 89.4 cm³/mol. The van der Waals surface area contributed by atoms with E-state index in [0.717, 1.165) is 0 Å². The molecular formula is C16H12N6O4. The predicted octanol–water partition coefficient (Wildman–Crippen LogP) is 1.25. The summed E-state index contributed by atoms with van der Waals surface area (Å²) in [5, 5.41) is 14.7. The smallest absolute Gasteiger partial charge is 0.267 e. The highest BCUT2D eigenvalue weighted by atomic mass is 16.6. The molecule has 0 aliphatic carbocycles. The third-order valence-electron chi connectivity index (χ3n) is 3.36. The molecule has 2 amide bonds. The van der Waals surface area contributed by atoms with E-state index in [1.54, 1.807) is 12.1 Å². The molecular weight excluding hydrogens is 340 g/mol. The fraction of sp³-hybridized carbons (Fsp3) is 0. The number of nitro groups is 1. The second-order valence-corrected chi connectivity index (χ2v) is 5.07. The Bertz CT molecular complexity index is 952. The summed E-state index contributed by atoms with van der Waals surface area (Å²) in [5.41, 5.74) is 5.38. The number of pyridine rings is 1. The molecule has 26 heavy (non-hydrogen) atoms. The molecule has 0 aliphatic rings. The van der Waals surface area contributed by atoms with Gasteiger partial charge < -0.3 is 0 Å². The van der Waals surface area contributed by atoms with Crippen LogP contribution in [-0.4, -0.2) is 31.5 Å². The molecule has 10 heteroatoms. The highest BCUT2D eigenvalue weighted by Crippen LogP contribution is 2.15. The number of amides is 2. The van der Waals surface area contributed by atoms with Crippen molar-refractivity contribution < 1.29 is 14.5 Å². The van der Waals surface area contributed by atoms with Crippen molar-refractivity contribution in [1.29, 1.82) is 0 Å². The minimum absolute atomic E-state index is 0.0453. The van der Waals surface area contributed by atoms with E-state index in [1.807, 2.05) is 0 Å². The quantitative estimate of drug-likeness (QED) is 0.536. The molecule has 0 unspecified atom stereocenters. The average molecular weight is 352 g/mol. The lowest BCUT2D eigenvalue weighted by Gasteiger charge is -2.05. The molecule has 3 rings (SSSR count). The SMILES string of the molecule is O=C(NNC(=O)c1ccccn1)c1cnn(-c2ccc([N+](=O)[O-])cc2)c1. The number of hydrogen-bond acceptors (Lipinski definition) is 6. The lowest BCUT2D eigenvalue weighted by molar-refractivity contribution is -0.384. The first kappa shape index (κ1) is 16.8. The van der Waals surface area contributed by atoms with Gasteiger partial charge in [0.05, 0.1) is 22.4 Å². The van der Waals surface area contributed by atoms with E-state index in [1.165, 1.54) is 53.6 Å². The summed E-state index contributed by atoms with van der Waals surface area (Å²) in [7, 11) is 0. The summed E-state index contributed by atoms with van der Waals surface area (Å²) in [5.74, 6) is -1.12. The van der Waals surface area contributed by atoms with Crippen molar-refractivity contribution in [3.8, 4) is 5.69 Å². The first-order valence-corrected chi connectivity index (χ1v) is 7.36. The van der Waals surface area contributed by atoms with Crippen LogP contribution >= 0.6 is 0 Å². The van der Waals surface area contributed by atoms with E-state index in [4.69, 9.17) is 0 Å². The normalized spacial score (nSPS) is 10.2. The molecule has 0 bridgehead atoms. The van der Waals surface area contributed by atoms with E-state index >= 15 is 0 Å². The van der Waals surface area contributed by atoms with Gasteiger partial charge in [-0.25, -0.2) is 4.68 Å². The molecule has 0 spiro atoms. The number of nitrogens with one attached hydrogen (secondary N) is 2. The molecule has 2 N–H and O–H groups in total. The van der Waals surface area contributed by atoms with Crippen molar-refractivity contribution in [2.45, 2.75) is 0 Å². The third kappa shape index (κ3) is 3.70. The largest absolute Gasteiger partial charge is 0.288 e. The molecule has 0 saturated heterocycles. The summed E-state index contributed by atoms with van der Waals surface area (Å²) in [6.45, 7) is 0. The van der Waals surface area contributed by atoms with Crippen LogP contribution in [-0.2, 0) is 0 Å². The van der Waals surface area contributed by atoms with Gasteiger partial charge in [0, 0.05) is 24.5 Å². The molecule has 0 aliphatic heterocycles. The molecule has 130 valence electrons. The Morgan fingerprint density at radius 2 is 1.77 bits per heavy atom. The van der Waals surface area contributed by atoms with Gasteiger partial charge in [-0.3, -0.25) is 35.5 Å². The Hall–Kier alpha value is -4.08. The summed E-state index contributed by atoms with van der Waals surface area (Å²) in [4.78, 5) is 37.9. The Morgan fingerprint density at radius 1 is 1.04 bits per heavy atom. The van der Waals surface area contributed by atoms with E-state index < -0.39 is 16.7 Å². The molecule has 2 heterocycles. The van der Waals surface area contributed by atoms with Gasteiger partial charge in [0.15, 0.2) is 0 Å². The van der Waals surface area contributed by atoms with Crippen LogP contribution in [0.15, 0.2) is 61.1 Å². The highest BCUT2D eigenvalue weighted by Gasteiger charge is 2.12.